The van der Waals surface area contributed by atoms with Crippen molar-refractivity contribution in [2.24, 2.45) is 40.4 Å². The van der Waals surface area contributed by atoms with E-state index in [0.717, 1.165) is 48.9 Å². The van der Waals surface area contributed by atoms with E-state index in [1.54, 1.807) is 5.57 Å². The van der Waals surface area contributed by atoms with Crippen molar-refractivity contribution >= 4 is 12.2 Å². The Morgan fingerprint density at radius 2 is 1.65 bits per heavy atom. The minimum Gasteiger partial charge on any atom is -0.446 e. The summed E-state index contributed by atoms with van der Waals surface area (Å²) in [6.07, 6.45) is 18.5. The summed E-state index contributed by atoms with van der Waals surface area (Å²) < 4.78 is 17.6. The Morgan fingerprint density at radius 1 is 0.918 bits per heavy atom. The van der Waals surface area contributed by atoms with E-state index < -0.39 is 22.8 Å². The number of hydrogen-bond acceptors (Lipinski definition) is 5. The van der Waals surface area contributed by atoms with Crippen LogP contribution in [-0.4, -0.2) is 48.2 Å². The first-order valence-corrected chi connectivity index (χ1v) is 20.0. The van der Waals surface area contributed by atoms with E-state index in [1.807, 2.05) is 48.5 Å². The lowest BCUT2D eigenvalue weighted by Gasteiger charge is -2.58. The van der Waals surface area contributed by atoms with Crippen LogP contribution in [0.5, 0.6) is 0 Å². The monoisotopic (exact) mass is 687 g/mol. The lowest BCUT2D eigenvalue weighted by molar-refractivity contribution is -0.0524. The Bertz CT molecular complexity index is 1150. The van der Waals surface area contributed by atoms with Crippen molar-refractivity contribution in [1.29, 1.82) is 0 Å². The number of rotatable bonds is 14. The van der Waals surface area contributed by atoms with Gasteiger partial charge in [0.05, 0.1) is 5.60 Å². The zero-order chi connectivity index (χ0) is 36.3. The van der Waals surface area contributed by atoms with Gasteiger partial charge in [0, 0.05) is 25.1 Å². The molecule has 0 aromatic heterocycles. The molecule has 7 nitrogen and oxygen atoms in total. The van der Waals surface area contributed by atoms with Gasteiger partial charge in [0.25, 0.3) is 0 Å². The maximum Gasteiger partial charge on any atom is 0.407 e. The van der Waals surface area contributed by atoms with Crippen molar-refractivity contribution < 1.29 is 23.8 Å². The predicted octanol–water partition coefficient (Wildman–Crippen LogP) is 10.8. The minimum atomic E-state index is -0.520. The third kappa shape index (κ3) is 10.6. The van der Waals surface area contributed by atoms with E-state index >= 15 is 0 Å². The van der Waals surface area contributed by atoms with Gasteiger partial charge in [-0.25, -0.2) is 9.59 Å². The summed E-state index contributed by atoms with van der Waals surface area (Å²) in [4.78, 5) is 25.1. The largest absolute Gasteiger partial charge is 0.446 e. The number of alkyl carbamates (subject to hydrolysis) is 2. The molecule has 7 atom stereocenters. The van der Waals surface area contributed by atoms with E-state index in [1.165, 1.54) is 57.8 Å². The number of fused-ring (bicyclic) bond motifs is 5. The molecule has 0 heterocycles. The molecule has 282 valence electrons. The molecule has 3 fully saturated rings. The Kier molecular flexibility index (Phi) is 13.0. The topological polar surface area (TPSA) is 85.9 Å². The Labute approximate surface area is 300 Å². The van der Waals surface area contributed by atoms with Gasteiger partial charge in [0.1, 0.15) is 11.7 Å². The van der Waals surface area contributed by atoms with Crippen molar-refractivity contribution in [2.45, 2.75) is 189 Å². The molecule has 2 N–H and O–H groups in total. The molecule has 2 amide bonds. The molecule has 0 aromatic rings. The molecular formula is C42H74N2O5. The molecule has 0 aromatic carbocycles. The standard InChI is InChI=1S/C42H74N2O5/c1-29(2)14-12-13-15-30-17-19-34-33-18-16-31-28-32(20-22-42(31,11)35(33)21-23-41(30,34)10)48-37(46)44-39(6,7)25-27-47-40(8,9)24-26-43-36(45)49-38(3,4)5/h16,29-30,32-35H,12-15,17-28H2,1-11H3,(H,43,45)(H,44,46). The lowest BCUT2D eigenvalue weighted by atomic mass is 9.47. The van der Waals surface area contributed by atoms with Crippen LogP contribution in [0.1, 0.15) is 166 Å². The van der Waals surface area contributed by atoms with E-state index in [-0.39, 0.29) is 17.6 Å². The normalized spacial score (nSPS) is 31.7. The summed E-state index contributed by atoms with van der Waals surface area (Å²) in [5, 5.41) is 5.92. The first kappa shape index (κ1) is 40.0. The molecule has 7 heteroatoms. The zero-order valence-electron chi connectivity index (χ0n) is 33.4. The van der Waals surface area contributed by atoms with Gasteiger partial charge in [-0.15, -0.1) is 0 Å². The minimum absolute atomic E-state index is 0.0603. The fourth-order valence-electron chi connectivity index (χ4n) is 10.2. The van der Waals surface area contributed by atoms with Gasteiger partial charge in [-0.05, 0) is 153 Å². The Morgan fingerprint density at radius 3 is 2.35 bits per heavy atom. The highest BCUT2D eigenvalue weighted by Crippen LogP contribution is 2.66. The van der Waals surface area contributed by atoms with Gasteiger partial charge < -0.3 is 24.8 Å². The molecule has 0 radical (unpaired) electrons. The van der Waals surface area contributed by atoms with Gasteiger partial charge >= 0.3 is 12.2 Å². The first-order valence-electron chi connectivity index (χ1n) is 20.0. The molecule has 0 spiro atoms. The number of unbranched alkanes of at least 4 members (excludes halogenated alkanes) is 1. The molecule has 0 bridgehead atoms. The van der Waals surface area contributed by atoms with Crippen LogP contribution in [0.25, 0.3) is 0 Å². The van der Waals surface area contributed by atoms with Crippen LogP contribution in [0.3, 0.4) is 0 Å². The summed E-state index contributed by atoms with van der Waals surface area (Å²) in [7, 11) is 0. The highest BCUT2D eigenvalue weighted by atomic mass is 16.6. The van der Waals surface area contributed by atoms with E-state index in [4.69, 9.17) is 14.2 Å². The average Bonchev–Trinajstić information content (AvgIpc) is 3.29. The smallest absolute Gasteiger partial charge is 0.407 e. The number of carbonyl (C=O) groups excluding carboxylic acids is 2. The molecule has 0 saturated heterocycles. The van der Waals surface area contributed by atoms with E-state index in [0.29, 0.717) is 31.4 Å². The molecular weight excluding hydrogens is 612 g/mol. The highest BCUT2D eigenvalue weighted by molar-refractivity contribution is 5.68. The van der Waals surface area contributed by atoms with Crippen molar-refractivity contribution in [2.75, 3.05) is 13.2 Å². The molecule has 0 aliphatic heterocycles. The van der Waals surface area contributed by atoms with E-state index in [9.17, 15) is 9.59 Å². The van der Waals surface area contributed by atoms with Crippen molar-refractivity contribution in [3.63, 3.8) is 0 Å². The number of nitrogens with one attached hydrogen (secondary N) is 2. The highest BCUT2D eigenvalue weighted by Gasteiger charge is 2.58. The van der Waals surface area contributed by atoms with Gasteiger partial charge in [0.15, 0.2) is 0 Å². The summed E-state index contributed by atoms with van der Waals surface area (Å²) in [6.45, 7) is 24.5. The van der Waals surface area contributed by atoms with Crippen LogP contribution in [0.4, 0.5) is 9.59 Å². The lowest BCUT2D eigenvalue weighted by Crippen LogP contribution is -2.51. The second kappa shape index (κ2) is 15.9. The summed E-state index contributed by atoms with van der Waals surface area (Å²) in [6, 6.07) is 0. The Balaban J connectivity index is 1.21. The molecule has 3 saturated carbocycles. The second-order valence-corrected chi connectivity index (χ2v) is 19.6. The molecule has 4 rings (SSSR count). The first-order chi connectivity index (χ1) is 22.7. The van der Waals surface area contributed by atoms with Crippen LogP contribution in [0.15, 0.2) is 11.6 Å². The third-order valence-electron chi connectivity index (χ3n) is 13.2. The molecule has 4 aliphatic rings. The van der Waals surface area contributed by atoms with Crippen LogP contribution in [-0.2, 0) is 14.2 Å². The number of ether oxygens (including phenoxy) is 3. The van der Waals surface area contributed by atoms with E-state index in [2.05, 4.69) is 44.4 Å². The molecule has 4 aliphatic carbocycles. The summed E-state index contributed by atoms with van der Waals surface area (Å²) in [5.41, 5.74) is 0.934. The van der Waals surface area contributed by atoms with Gasteiger partial charge in [-0.2, -0.15) is 0 Å². The number of carbonyl (C=O) groups is 2. The van der Waals surface area contributed by atoms with Gasteiger partial charge in [-0.3, -0.25) is 0 Å². The fraction of sp³-hybridized carbons (Fsp3) is 0.905. The van der Waals surface area contributed by atoms with Crippen molar-refractivity contribution in [3.05, 3.63) is 11.6 Å². The summed E-state index contributed by atoms with van der Waals surface area (Å²) in [5.74, 6) is 4.22. The van der Waals surface area contributed by atoms with Crippen LogP contribution < -0.4 is 10.6 Å². The van der Waals surface area contributed by atoms with Gasteiger partial charge in [0.2, 0.25) is 0 Å². The van der Waals surface area contributed by atoms with Gasteiger partial charge in [-0.1, -0.05) is 58.6 Å². The van der Waals surface area contributed by atoms with Crippen LogP contribution in [0.2, 0.25) is 0 Å². The third-order valence-corrected chi connectivity index (χ3v) is 13.2. The number of amides is 2. The molecule has 7 unspecified atom stereocenters. The van der Waals surface area contributed by atoms with Crippen LogP contribution in [0, 0.1) is 40.4 Å². The quantitative estimate of drug-likeness (QED) is 0.140. The maximum atomic E-state index is 13.1. The zero-order valence-corrected chi connectivity index (χ0v) is 33.4. The Hall–Kier alpha value is -1.76. The van der Waals surface area contributed by atoms with Crippen molar-refractivity contribution in [1.82, 2.24) is 10.6 Å². The number of allylic oxidation sites excluding steroid dienone is 1. The summed E-state index contributed by atoms with van der Waals surface area (Å²) >= 11 is 0. The van der Waals surface area contributed by atoms with Crippen molar-refractivity contribution in [3.8, 4) is 0 Å². The predicted molar refractivity (Wildman–Crippen MR) is 199 cm³/mol. The number of hydrogen-bond donors (Lipinski definition) is 2. The fourth-order valence-corrected chi connectivity index (χ4v) is 10.2. The molecule has 49 heavy (non-hydrogen) atoms. The maximum absolute atomic E-state index is 13.1. The average molecular weight is 687 g/mol. The second-order valence-electron chi connectivity index (χ2n) is 19.6. The SMILES string of the molecule is CC(C)CCCCC1CCC2C3CC=C4CC(OC(=O)NC(C)(C)CCOC(C)(C)CCNC(=O)OC(C)(C)C)CCC4(C)C3CCC12C. The van der Waals surface area contributed by atoms with Crippen LogP contribution >= 0.6 is 0 Å².